The van der Waals surface area contributed by atoms with Gasteiger partial charge in [0.15, 0.2) is 0 Å². The number of carbonyl (C=O) groups excluding carboxylic acids is 1. The van der Waals surface area contributed by atoms with E-state index in [2.05, 4.69) is 5.32 Å². The second-order valence-electron chi connectivity index (χ2n) is 9.88. The molecule has 2 saturated heterocycles. The number of fused-ring (bicyclic) bond motifs is 2. The highest BCUT2D eigenvalue weighted by atomic mass is 19.4. The summed E-state index contributed by atoms with van der Waals surface area (Å²) in [6.07, 6.45) is -8.96. The van der Waals surface area contributed by atoms with E-state index < -0.39 is 35.6 Å². The zero-order valence-electron chi connectivity index (χ0n) is 20.2. The summed E-state index contributed by atoms with van der Waals surface area (Å²) in [5.41, 5.74) is -0.989. The third-order valence-corrected chi connectivity index (χ3v) is 7.44. The molecule has 4 atom stereocenters. The minimum absolute atomic E-state index is 0.102. The predicted molar refractivity (Wildman–Crippen MR) is 123 cm³/mol. The Kier molecular flexibility index (Phi) is 7.02. The molecular formula is C26H29F6N3O. The van der Waals surface area contributed by atoms with Gasteiger partial charge in [-0.25, -0.2) is 4.79 Å². The van der Waals surface area contributed by atoms with Crippen LogP contribution in [0.1, 0.15) is 53.2 Å². The van der Waals surface area contributed by atoms with Crippen LogP contribution in [0.4, 0.5) is 31.1 Å². The van der Waals surface area contributed by atoms with Gasteiger partial charge in [0.1, 0.15) is 0 Å². The Morgan fingerprint density at radius 2 is 1.64 bits per heavy atom. The average molecular weight is 514 g/mol. The van der Waals surface area contributed by atoms with Crippen LogP contribution in [0.25, 0.3) is 0 Å². The molecular weight excluding hydrogens is 484 g/mol. The first-order chi connectivity index (χ1) is 16.8. The van der Waals surface area contributed by atoms with E-state index in [1.807, 2.05) is 31.2 Å². The molecule has 4 nitrogen and oxygen atoms in total. The standard InChI is InChI=1S/C26H29F6N3O/c1-15-6-4-5-7-22(15)23-19-8-17(12-33-13-19)14-35(23)24(36)34(3)16(2)18-9-20(25(27,28)29)11-21(10-18)26(30,31)32/h4-7,9-11,16-17,19,23,33H,8,12-14H2,1-3H3. The van der Waals surface area contributed by atoms with E-state index in [9.17, 15) is 31.1 Å². The van der Waals surface area contributed by atoms with E-state index in [1.165, 1.54) is 18.9 Å². The summed E-state index contributed by atoms with van der Waals surface area (Å²) in [4.78, 5) is 16.8. The molecule has 2 fully saturated rings. The number of rotatable bonds is 3. The van der Waals surface area contributed by atoms with Crippen LogP contribution in [-0.4, -0.2) is 42.5 Å². The van der Waals surface area contributed by atoms with Crippen molar-refractivity contribution in [2.45, 2.75) is 44.7 Å². The maximum atomic E-state index is 13.8. The molecule has 0 aromatic heterocycles. The van der Waals surface area contributed by atoms with E-state index in [0.29, 0.717) is 18.7 Å². The van der Waals surface area contributed by atoms with E-state index in [4.69, 9.17) is 0 Å². The van der Waals surface area contributed by atoms with Gasteiger partial charge in [-0.15, -0.1) is 0 Å². The number of hydrogen-bond donors (Lipinski definition) is 1. The number of piperidine rings is 2. The van der Waals surface area contributed by atoms with Crippen molar-refractivity contribution < 1.29 is 31.1 Å². The summed E-state index contributed by atoms with van der Waals surface area (Å²) < 4.78 is 80.4. The Labute approximate surface area is 206 Å². The highest BCUT2D eigenvalue weighted by Gasteiger charge is 2.43. The molecule has 2 heterocycles. The molecule has 4 rings (SSSR count). The second-order valence-corrected chi connectivity index (χ2v) is 9.88. The fraction of sp³-hybridized carbons (Fsp3) is 0.500. The molecule has 2 aromatic rings. The smallest absolute Gasteiger partial charge is 0.321 e. The lowest BCUT2D eigenvalue weighted by atomic mass is 9.76. The van der Waals surface area contributed by atoms with E-state index >= 15 is 0 Å². The summed E-state index contributed by atoms with van der Waals surface area (Å²) >= 11 is 0. The van der Waals surface area contributed by atoms with E-state index in [-0.39, 0.29) is 29.5 Å². The Balaban J connectivity index is 1.69. The van der Waals surface area contributed by atoms with Crippen LogP contribution in [0.2, 0.25) is 0 Å². The lowest BCUT2D eigenvalue weighted by Gasteiger charge is -2.49. The third kappa shape index (κ3) is 5.19. The monoisotopic (exact) mass is 513 g/mol. The first-order valence-electron chi connectivity index (χ1n) is 11.9. The minimum atomic E-state index is -4.95. The van der Waals surface area contributed by atoms with Gasteiger partial charge in [0.05, 0.1) is 23.2 Å². The number of aryl methyl sites for hydroxylation is 1. The molecule has 196 valence electrons. The zero-order chi connectivity index (χ0) is 26.4. The summed E-state index contributed by atoms with van der Waals surface area (Å²) in [5, 5.41) is 3.42. The van der Waals surface area contributed by atoms with Crippen molar-refractivity contribution in [2.24, 2.45) is 11.8 Å². The van der Waals surface area contributed by atoms with Gasteiger partial charge in [0, 0.05) is 20.1 Å². The van der Waals surface area contributed by atoms with Crippen LogP contribution >= 0.6 is 0 Å². The molecule has 0 saturated carbocycles. The quantitative estimate of drug-likeness (QED) is 0.481. The summed E-state index contributed by atoms with van der Waals surface area (Å²) in [6, 6.07) is 7.56. The van der Waals surface area contributed by atoms with E-state index in [1.54, 1.807) is 4.90 Å². The average Bonchev–Trinajstić information content (AvgIpc) is 2.82. The van der Waals surface area contributed by atoms with Crippen LogP contribution in [-0.2, 0) is 12.4 Å². The van der Waals surface area contributed by atoms with Crippen molar-refractivity contribution >= 4 is 6.03 Å². The van der Waals surface area contributed by atoms with Crippen molar-refractivity contribution in [1.82, 2.24) is 15.1 Å². The van der Waals surface area contributed by atoms with Crippen LogP contribution in [0.15, 0.2) is 42.5 Å². The van der Waals surface area contributed by atoms with Crippen LogP contribution in [0.5, 0.6) is 0 Å². The number of nitrogens with one attached hydrogen (secondary N) is 1. The minimum Gasteiger partial charge on any atom is -0.321 e. The topological polar surface area (TPSA) is 35.6 Å². The lowest BCUT2D eigenvalue weighted by molar-refractivity contribution is -0.143. The number of alkyl halides is 6. The SMILES string of the molecule is Cc1ccccc1C1C2CNCC(C2)CN1C(=O)N(C)C(C)c1cc(C(F)(F)F)cc(C(F)(F)F)c1. The van der Waals surface area contributed by atoms with Crippen molar-refractivity contribution in [2.75, 3.05) is 26.7 Å². The lowest BCUT2D eigenvalue weighted by Crippen LogP contribution is -2.56. The molecule has 1 N–H and O–H groups in total. The van der Waals surface area contributed by atoms with Crippen molar-refractivity contribution in [1.29, 1.82) is 0 Å². The fourth-order valence-electron chi connectivity index (χ4n) is 5.44. The summed E-state index contributed by atoms with van der Waals surface area (Å²) in [7, 11) is 1.43. The molecule has 0 radical (unpaired) electrons. The Morgan fingerprint density at radius 1 is 1.03 bits per heavy atom. The van der Waals surface area contributed by atoms with E-state index in [0.717, 1.165) is 30.6 Å². The van der Waals surface area contributed by atoms with Gasteiger partial charge in [-0.1, -0.05) is 24.3 Å². The highest BCUT2D eigenvalue weighted by Crippen LogP contribution is 2.42. The third-order valence-electron chi connectivity index (χ3n) is 7.44. The Bertz CT molecular complexity index is 1080. The molecule has 2 aliphatic heterocycles. The molecule has 36 heavy (non-hydrogen) atoms. The Morgan fingerprint density at radius 3 is 2.22 bits per heavy atom. The van der Waals surface area contributed by atoms with Gasteiger partial charge >= 0.3 is 18.4 Å². The number of halogens is 6. The number of amides is 2. The van der Waals surface area contributed by atoms with Crippen LogP contribution < -0.4 is 5.32 Å². The normalized spacial score (nSPS) is 23.4. The van der Waals surface area contributed by atoms with Crippen molar-refractivity contribution in [3.8, 4) is 0 Å². The molecule has 2 aliphatic rings. The van der Waals surface area contributed by atoms with Crippen LogP contribution in [0.3, 0.4) is 0 Å². The Hall–Kier alpha value is -2.75. The number of nitrogens with zero attached hydrogens (tertiary/aromatic N) is 2. The van der Waals surface area contributed by atoms with Gasteiger partial charge in [-0.05, 0) is 73.5 Å². The van der Waals surface area contributed by atoms with Gasteiger partial charge in [-0.3, -0.25) is 0 Å². The number of urea groups is 1. The zero-order valence-corrected chi connectivity index (χ0v) is 20.2. The molecule has 2 aromatic carbocycles. The highest BCUT2D eigenvalue weighted by molar-refractivity contribution is 5.75. The maximum Gasteiger partial charge on any atom is 0.416 e. The number of carbonyl (C=O) groups is 1. The molecule has 2 bridgehead atoms. The first-order valence-corrected chi connectivity index (χ1v) is 11.9. The molecule has 4 unspecified atom stereocenters. The first kappa shape index (κ1) is 26.3. The molecule has 0 aliphatic carbocycles. The molecule has 0 spiro atoms. The largest absolute Gasteiger partial charge is 0.416 e. The predicted octanol–water partition coefficient (Wildman–Crippen LogP) is 6.43. The van der Waals surface area contributed by atoms with Gasteiger partial charge in [-0.2, -0.15) is 26.3 Å². The van der Waals surface area contributed by atoms with Gasteiger partial charge in [0.2, 0.25) is 0 Å². The van der Waals surface area contributed by atoms with Crippen molar-refractivity contribution in [3.05, 3.63) is 70.3 Å². The molecule has 10 heteroatoms. The van der Waals surface area contributed by atoms with Gasteiger partial charge < -0.3 is 15.1 Å². The van der Waals surface area contributed by atoms with Crippen molar-refractivity contribution in [3.63, 3.8) is 0 Å². The summed E-state index contributed by atoms with van der Waals surface area (Å²) in [6.45, 7) is 5.34. The van der Waals surface area contributed by atoms with Gasteiger partial charge in [0.25, 0.3) is 0 Å². The fourth-order valence-corrected chi connectivity index (χ4v) is 5.44. The maximum absolute atomic E-state index is 13.8. The number of benzene rings is 2. The summed E-state index contributed by atoms with van der Waals surface area (Å²) in [5.74, 6) is 0.374. The number of hydrogen-bond acceptors (Lipinski definition) is 2. The van der Waals surface area contributed by atoms with Crippen LogP contribution in [0, 0.1) is 18.8 Å². The second kappa shape index (κ2) is 9.61. The molecule has 2 amide bonds. The number of likely N-dealkylation sites (tertiary alicyclic amines) is 1.